The quantitative estimate of drug-likeness (QED) is 0.307. The molecule has 0 aliphatic rings. The summed E-state index contributed by atoms with van der Waals surface area (Å²) in [6, 6.07) is 11.5. The SMILES string of the molecule is COCc1ccccc1NC(N)=NCCOc1cccnc1.I. The van der Waals surface area contributed by atoms with Crippen molar-refractivity contribution >= 4 is 35.6 Å². The molecule has 0 saturated heterocycles. The van der Waals surface area contributed by atoms with Gasteiger partial charge in [-0.3, -0.25) is 4.98 Å². The van der Waals surface area contributed by atoms with Crippen molar-refractivity contribution in [1.82, 2.24) is 4.98 Å². The van der Waals surface area contributed by atoms with E-state index in [1.807, 2.05) is 36.4 Å². The number of rotatable bonds is 7. The lowest BCUT2D eigenvalue weighted by molar-refractivity contribution is 0.185. The minimum atomic E-state index is 0. The van der Waals surface area contributed by atoms with Gasteiger partial charge in [-0.05, 0) is 18.2 Å². The minimum absolute atomic E-state index is 0. The topological polar surface area (TPSA) is 81.8 Å². The first-order chi connectivity index (χ1) is 10.8. The Morgan fingerprint density at radius 3 is 2.83 bits per heavy atom. The average molecular weight is 428 g/mol. The van der Waals surface area contributed by atoms with Gasteiger partial charge in [0, 0.05) is 24.6 Å². The van der Waals surface area contributed by atoms with E-state index in [1.165, 1.54) is 0 Å². The van der Waals surface area contributed by atoms with Gasteiger partial charge in [0.15, 0.2) is 5.96 Å². The van der Waals surface area contributed by atoms with Gasteiger partial charge in [0.25, 0.3) is 0 Å². The van der Waals surface area contributed by atoms with Gasteiger partial charge in [-0.2, -0.15) is 0 Å². The van der Waals surface area contributed by atoms with Gasteiger partial charge < -0.3 is 20.5 Å². The summed E-state index contributed by atoms with van der Waals surface area (Å²) in [5.74, 6) is 1.06. The number of nitrogens with zero attached hydrogens (tertiary/aromatic N) is 2. The van der Waals surface area contributed by atoms with E-state index in [2.05, 4.69) is 15.3 Å². The number of pyridine rings is 1. The number of halogens is 1. The van der Waals surface area contributed by atoms with Gasteiger partial charge in [-0.15, -0.1) is 24.0 Å². The number of nitrogens with one attached hydrogen (secondary N) is 1. The van der Waals surface area contributed by atoms with Gasteiger partial charge in [0.05, 0.1) is 19.3 Å². The number of benzene rings is 1. The molecule has 0 saturated carbocycles. The Bertz CT molecular complexity index is 608. The number of aromatic nitrogens is 1. The number of hydrogen-bond acceptors (Lipinski definition) is 4. The molecule has 0 radical (unpaired) electrons. The maximum atomic E-state index is 5.88. The number of nitrogens with two attached hydrogens (primary N) is 1. The average Bonchev–Trinajstić information content (AvgIpc) is 2.55. The van der Waals surface area contributed by atoms with Crippen LogP contribution in [0, 0.1) is 0 Å². The molecular weight excluding hydrogens is 407 g/mol. The lowest BCUT2D eigenvalue weighted by Crippen LogP contribution is -2.24. The Morgan fingerprint density at radius 2 is 2.09 bits per heavy atom. The summed E-state index contributed by atoms with van der Waals surface area (Å²) < 4.78 is 10.6. The molecule has 0 atom stereocenters. The smallest absolute Gasteiger partial charge is 0.193 e. The molecular formula is C16H21IN4O2. The van der Waals surface area contributed by atoms with Gasteiger partial charge in [0.2, 0.25) is 0 Å². The molecule has 7 heteroatoms. The van der Waals surface area contributed by atoms with Crippen molar-refractivity contribution in [3.8, 4) is 5.75 Å². The molecule has 0 amide bonds. The van der Waals surface area contributed by atoms with Crippen molar-refractivity contribution in [2.45, 2.75) is 6.61 Å². The van der Waals surface area contributed by atoms with E-state index in [4.69, 9.17) is 15.2 Å². The van der Waals surface area contributed by atoms with Crippen LogP contribution in [0.1, 0.15) is 5.56 Å². The number of anilines is 1. The lowest BCUT2D eigenvalue weighted by atomic mass is 10.2. The van der Waals surface area contributed by atoms with Crippen molar-refractivity contribution in [3.63, 3.8) is 0 Å². The van der Waals surface area contributed by atoms with E-state index in [0.29, 0.717) is 25.7 Å². The lowest BCUT2D eigenvalue weighted by Gasteiger charge is -2.11. The van der Waals surface area contributed by atoms with E-state index in [9.17, 15) is 0 Å². The molecule has 1 aromatic heterocycles. The van der Waals surface area contributed by atoms with E-state index in [1.54, 1.807) is 19.5 Å². The fourth-order valence-corrected chi connectivity index (χ4v) is 1.86. The van der Waals surface area contributed by atoms with Crippen LogP contribution in [0.4, 0.5) is 5.69 Å². The molecule has 0 unspecified atom stereocenters. The van der Waals surface area contributed by atoms with Crippen LogP contribution in [0.2, 0.25) is 0 Å². The number of guanidine groups is 1. The van der Waals surface area contributed by atoms with E-state index >= 15 is 0 Å². The number of methoxy groups -OCH3 is 1. The Kier molecular flexibility index (Phi) is 9.00. The molecule has 0 aliphatic heterocycles. The van der Waals surface area contributed by atoms with Crippen molar-refractivity contribution in [3.05, 3.63) is 54.4 Å². The predicted molar refractivity (Wildman–Crippen MR) is 102 cm³/mol. The maximum Gasteiger partial charge on any atom is 0.193 e. The van der Waals surface area contributed by atoms with E-state index in [-0.39, 0.29) is 24.0 Å². The van der Waals surface area contributed by atoms with Crippen LogP contribution in [0.3, 0.4) is 0 Å². The maximum absolute atomic E-state index is 5.88. The molecule has 0 aliphatic carbocycles. The Labute approximate surface area is 153 Å². The second kappa shape index (κ2) is 10.8. The van der Waals surface area contributed by atoms with Gasteiger partial charge in [-0.1, -0.05) is 18.2 Å². The number of hydrogen-bond donors (Lipinski definition) is 2. The summed E-state index contributed by atoms with van der Waals surface area (Å²) in [6.07, 6.45) is 3.36. The second-order valence-corrected chi connectivity index (χ2v) is 4.52. The first-order valence-electron chi connectivity index (χ1n) is 6.96. The molecule has 0 fully saturated rings. The highest BCUT2D eigenvalue weighted by molar-refractivity contribution is 14.0. The second-order valence-electron chi connectivity index (χ2n) is 4.52. The molecule has 1 aromatic carbocycles. The zero-order valence-electron chi connectivity index (χ0n) is 12.9. The standard InChI is InChI=1S/C16H20N4O2.HI/c1-21-12-13-5-2-3-7-15(13)20-16(17)19-9-10-22-14-6-4-8-18-11-14;/h2-8,11H,9-10,12H2,1H3,(H3,17,19,20);1H. The predicted octanol–water partition coefficient (Wildman–Crippen LogP) is 2.65. The number of aliphatic imine (C=N–C) groups is 1. The Hall–Kier alpha value is -1.87. The third kappa shape index (κ3) is 6.83. The van der Waals surface area contributed by atoms with Crippen LogP contribution in [0.5, 0.6) is 5.75 Å². The highest BCUT2D eigenvalue weighted by atomic mass is 127. The summed E-state index contributed by atoms with van der Waals surface area (Å²) in [4.78, 5) is 8.20. The summed E-state index contributed by atoms with van der Waals surface area (Å²) in [6.45, 7) is 1.41. The van der Waals surface area contributed by atoms with Crippen molar-refractivity contribution < 1.29 is 9.47 Å². The summed E-state index contributed by atoms with van der Waals surface area (Å²) in [7, 11) is 1.66. The fourth-order valence-electron chi connectivity index (χ4n) is 1.86. The van der Waals surface area contributed by atoms with Gasteiger partial charge >= 0.3 is 0 Å². The molecule has 2 rings (SSSR count). The third-order valence-corrected chi connectivity index (χ3v) is 2.86. The highest BCUT2D eigenvalue weighted by Gasteiger charge is 2.02. The summed E-state index contributed by atoms with van der Waals surface area (Å²) in [5.41, 5.74) is 7.79. The first-order valence-corrected chi connectivity index (χ1v) is 6.96. The van der Waals surface area contributed by atoms with Crippen LogP contribution in [-0.2, 0) is 11.3 Å². The minimum Gasteiger partial charge on any atom is -0.490 e. The zero-order chi connectivity index (χ0) is 15.6. The van der Waals surface area contributed by atoms with Crippen LogP contribution in [0.15, 0.2) is 53.8 Å². The molecule has 1 heterocycles. The number of ether oxygens (including phenoxy) is 2. The fraction of sp³-hybridized carbons (Fsp3) is 0.250. The van der Waals surface area contributed by atoms with Crippen LogP contribution in [-0.4, -0.2) is 31.2 Å². The molecule has 0 bridgehead atoms. The van der Waals surface area contributed by atoms with Crippen molar-refractivity contribution in [2.24, 2.45) is 10.7 Å². The summed E-state index contributed by atoms with van der Waals surface area (Å²) in [5, 5.41) is 3.07. The molecule has 23 heavy (non-hydrogen) atoms. The normalized spacial score (nSPS) is 10.7. The Balaban J connectivity index is 0.00000264. The molecule has 3 N–H and O–H groups in total. The van der Waals surface area contributed by atoms with Crippen LogP contribution < -0.4 is 15.8 Å². The van der Waals surface area contributed by atoms with Crippen LogP contribution in [0.25, 0.3) is 0 Å². The van der Waals surface area contributed by atoms with E-state index in [0.717, 1.165) is 17.0 Å². The Morgan fingerprint density at radius 1 is 1.26 bits per heavy atom. The molecule has 2 aromatic rings. The molecule has 0 spiro atoms. The van der Waals surface area contributed by atoms with Crippen molar-refractivity contribution in [1.29, 1.82) is 0 Å². The molecule has 124 valence electrons. The van der Waals surface area contributed by atoms with Crippen LogP contribution >= 0.6 is 24.0 Å². The van der Waals surface area contributed by atoms with Gasteiger partial charge in [-0.25, -0.2) is 4.99 Å². The van der Waals surface area contributed by atoms with E-state index < -0.39 is 0 Å². The third-order valence-electron chi connectivity index (χ3n) is 2.86. The van der Waals surface area contributed by atoms with Gasteiger partial charge in [0.1, 0.15) is 12.4 Å². The first kappa shape index (κ1) is 19.2. The monoisotopic (exact) mass is 428 g/mol. The van der Waals surface area contributed by atoms with Crippen molar-refractivity contribution in [2.75, 3.05) is 25.6 Å². The number of para-hydroxylation sites is 1. The summed E-state index contributed by atoms with van der Waals surface area (Å²) >= 11 is 0. The largest absolute Gasteiger partial charge is 0.490 e. The molecule has 6 nitrogen and oxygen atoms in total. The highest BCUT2D eigenvalue weighted by Crippen LogP contribution is 2.15. The zero-order valence-corrected chi connectivity index (χ0v) is 15.3.